The maximum Gasteiger partial charge on any atom is 0.256 e. The molecule has 2 heterocycles. The lowest BCUT2D eigenvalue weighted by Gasteiger charge is -2.24. The Kier molecular flexibility index (Phi) is 5.52. The second kappa shape index (κ2) is 8.01. The Morgan fingerprint density at radius 2 is 2.19 bits per heavy atom. The minimum atomic E-state index is -0.296. The SMILES string of the molecule is Cc1cc(NC(=O)CNc2ccccc2C(=O)N2CCCC2CO)no1. The summed E-state index contributed by atoms with van der Waals surface area (Å²) in [6, 6.07) is 8.53. The number of amides is 2. The van der Waals surface area contributed by atoms with Gasteiger partial charge in [-0.3, -0.25) is 9.59 Å². The number of aryl methyl sites for hydroxylation is 1. The van der Waals surface area contributed by atoms with Crippen molar-refractivity contribution in [3.8, 4) is 0 Å². The van der Waals surface area contributed by atoms with E-state index in [2.05, 4.69) is 15.8 Å². The molecule has 8 heteroatoms. The van der Waals surface area contributed by atoms with E-state index < -0.39 is 0 Å². The van der Waals surface area contributed by atoms with Gasteiger partial charge in [0.15, 0.2) is 5.82 Å². The van der Waals surface area contributed by atoms with Crippen molar-refractivity contribution in [3.05, 3.63) is 41.7 Å². The third kappa shape index (κ3) is 4.02. The number of nitrogens with one attached hydrogen (secondary N) is 2. The molecule has 1 aliphatic rings. The Morgan fingerprint density at radius 1 is 1.38 bits per heavy atom. The van der Waals surface area contributed by atoms with Gasteiger partial charge < -0.3 is 25.2 Å². The lowest BCUT2D eigenvalue weighted by atomic mass is 10.1. The topological polar surface area (TPSA) is 108 Å². The van der Waals surface area contributed by atoms with Gasteiger partial charge in [0, 0.05) is 18.3 Å². The number of aromatic nitrogens is 1. The fraction of sp³-hybridized carbons (Fsp3) is 0.389. The molecule has 1 fully saturated rings. The van der Waals surface area contributed by atoms with Crippen molar-refractivity contribution in [2.45, 2.75) is 25.8 Å². The van der Waals surface area contributed by atoms with Crippen molar-refractivity contribution in [3.63, 3.8) is 0 Å². The summed E-state index contributed by atoms with van der Waals surface area (Å²) in [5.74, 6) is 0.516. The number of carbonyl (C=O) groups is 2. The van der Waals surface area contributed by atoms with Gasteiger partial charge in [-0.1, -0.05) is 17.3 Å². The fourth-order valence-corrected chi connectivity index (χ4v) is 3.06. The zero-order valence-corrected chi connectivity index (χ0v) is 14.6. The number of carbonyl (C=O) groups excluding carboxylic acids is 2. The molecule has 1 aromatic heterocycles. The van der Waals surface area contributed by atoms with Crippen molar-refractivity contribution in [1.29, 1.82) is 0 Å². The first-order chi connectivity index (χ1) is 12.6. The maximum atomic E-state index is 12.8. The van der Waals surface area contributed by atoms with Crippen LogP contribution in [0.2, 0.25) is 0 Å². The van der Waals surface area contributed by atoms with Crippen LogP contribution < -0.4 is 10.6 Å². The van der Waals surface area contributed by atoms with Gasteiger partial charge in [-0.25, -0.2) is 0 Å². The van der Waals surface area contributed by atoms with Gasteiger partial charge in [0.1, 0.15) is 5.76 Å². The van der Waals surface area contributed by atoms with Gasteiger partial charge in [0.25, 0.3) is 5.91 Å². The Bertz CT molecular complexity index is 789. The first-order valence-corrected chi connectivity index (χ1v) is 8.56. The highest BCUT2D eigenvalue weighted by Crippen LogP contribution is 2.23. The number of rotatable bonds is 6. The summed E-state index contributed by atoms with van der Waals surface area (Å²) >= 11 is 0. The van der Waals surface area contributed by atoms with Gasteiger partial charge in [0.2, 0.25) is 5.91 Å². The molecule has 1 unspecified atom stereocenters. The van der Waals surface area contributed by atoms with Gasteiger partial charge in [0.05, 0.1) is 24.8 Å². The van der Waals surface area contributed by atoms with Crippen LogP contribution in [0, 0.1) is 6.92 Å². The van der Waals surface area contributed by atoms with E-state index >= 15 is 0 Å². The molecule has 138 valence electrons. The molecule has 0 spiro atoms. The van der Waals surface area contributed by atoms with E-state index in [1.807, 2.05) is 0 Å². The standard InChI is InChI=1S/C18H22N4O4/c1-12-9-16(21-26-12)20-17(24)10-19-15-7-3-2-6-14(15)18(25)22-8-4-5-13(22)11-23/h2-3,6-7,9,13,19,23H,4-5,8,10-11H2,1H3,(H,20,21,24). The van der Waals surface area contributed by atoms with Gasteiger partial charge in [-0.05, 0) is 31.9 Å². The molecule has 1 saturated heterocycles. The molecule has 2 aromatic rings. The average molecular weight is 358 g/mol. The van der Waals surface area contributed by atoms with Gasteiger partial charge in [-0.2, -0.15) is 0 Å². The van der Waals surface area contributed by atoms with Crippen LogP contribution in [0.4, 0.5) is 11.5 Å². The van der Waals surface area contributed by atoms with Crippen LogP contribution in [0.15, 0.2) is 34.9 Å². The molecule has 1 aliphatic heterocycles. The van der Waals surface area contributed by atoms with E-state index in [0.29, 0.717) is 29.4 Å². The minimum Gasteiger partial charge on any atom is -0.394 e. The summed E-state index contributed by atoms with van der Waals surface area (Å²) in [6.45, 7) is 2.31. The predicted octanol–water partition coefficient (Wildman–Crippen LogP) is 1.63. The van der Waals surface area contributed by atoms with Crippen molar-refractivity contribution in [1.82, 2.24) is 10.1 Å². The summed E-state index contributed by atoms with van der Waals surface area (Å²) in [5.41, 5.74) is 1.06. The lowest BCUT2D eigenvalue weighted by Crippen LogP contribution is -2.38. The van der Waals surface area contributed by atoms with E-state index in [1.165, 1.54) is 0 Å². The molecule has 2 amide bonds. The summed E-state index contributed by atoms with van der Waals surface area (Å²) < 4.78 is 4.90. The Morgan fingerprint density at radius 3 is 2.92 bits per heavy atom. The molecule has 8 nitrogen and oxygen atoms in total. The number of benzene rings is 1. The quantitative estimate of drug-likeness (QED) is 0.724. The molecule has 0 aliphatic carbocycles. The first-order valence-electron chi connectivity index (χ1n) is 8.56. The molecule has 0 saturated carbocycles. The number of para-hydroxylation sites is 1. The molecule has 0 radical (unpaired) electrons. The van der Waals surface area contributed by atoms with Crippen LogP contribution in [0.3, 0.4) is 0 Å². The van der Waals surface area contributed by atoms with Crippen LogP contribution in [0.1, 0.15) is 29.0 Å². The number of aliphatic hydroxyl groups is 1. The van der Waals surface area contributed by atoms with E-state index in [4.69, 9.17) is 4.52 Å². The molecule has 26 heavy (non-hydrogen) atoms. The molecular weight excluding hydrogens is 336 g/mol. The van der Waals surface area contributed by atoms with Crippen LogP contribution in [-0.2, 0) is 4.79 Å². The van der Waals surface area contributed by atoms with Crippen LogP contribution in [0.25, 0.3) is 0 Å². The lowest BCUT2D eigenvalue weighted by molar-refractivity contribution is -0.114. The van der Waals surface area contributed by atoms with Crippen molar-refractivity contribution < 1.29 is 19.2 Å². The zero-order valence-electron chi connectivity index (χ0n) is 14.6. The van der Waals surface area contributed by atoms with Crippen LogP contribution >= 0.6 is 0 Å². The predicted molar refractivity (Wildman–Crippen MR) is 95.9 cm³/mol. The van der Waals surface area contributed by atoms with E-state index in [1.54, 1.807) is 42.2 Å². The number of nitrogens with zero attached hydrogens (tertiary/aromatic N) is 2. The fourth-order valence-electron chi connectivity index (χ4n) is 3.06. The third-order valence-electron chi connectivity index (χ3n) is 4.34. The average Bonchev–Trinajstić information content (AvgIpc) is 3.28. The number of likely N-dealkylation sites (tertiary alicyclic amines) is 1. The third-order valence-corrected chi connectivity index (χ3v) is 4.34. The first kappa shape index (κ1) is 17.9. The summed E-state index contributed by atoms with van der Waals surface area (Å²) in [5, 5.41) is 18.8. The summed E-state index contributed by atoms with van der Waals surface area (Å²) in [7, 11) is 0. The molecule has 3 N–H and O–H groups in total. The molecule has 3 rings (SSSR count). The van der Waals surface area contributed by atoms with Crippen LogP contribution in [0.5, 0.6) is 0 Å². The van der Waals surface area contributed by atoms with Crippen molar-refractivity contribution >= 4 is 23.3 Å². The largest absolute Gasteiger partial charge is 0.394 e. The monoisotopic (exact) mass is 358 g/mol. The minimum absolute atomic E-state index is 0.0143. The molecule has 1 atom stereocenters. The molecular formula is C18H22N4O4. The zero-order chi connectivity index (χ0) is 18.5. The van der Waals surface area contributed by atoms with Crippen molar-refractivity contribution in [2.75, 3.05) is 30.3 Å². The highest BCUT2D eigenvalue weighted by atomic mass is 16.5. The van der Waals surface area contributed by atoms with Gasteiger partial charge >= 0.3 is 0 Å². The Hall–Kier alpha value is -2.87. The Labute approximate surface area is 151 Å². The second-order valence-electron chi connectivity index (χ2n) is 6.25. The highest BCUT2D eigenvalue weighted by Gasteiger charge is 2.29. The summed E-state index contributed by atoms with van der Waals surface area (Å²) in [6.07, 6.45) is 1.68. The smallest absolute Gasteiger partial charge is 0.256 e. The van der Waals surface area contributed by atoms with Gasteiger partial charge in [-0.15, -0.1) is 0 Å². The molecule has 0 bridgehead atoms. The van der Waals surface area contributed by atoms with E-state index in [0.717, 1.165) is 12.8 Å². The number of hydrogen-bond donors (Lipinski definition) is 3. The highest BCUT2D eigenvalue weighted by molar-refractivity contribution is 6.01. The normalized spacial score (nSPS) is 16.5. The van der Waals surface area contributed by atoms with E-state index in [9.17, 15) is 14.7 Å². The molecule has 1 aromatic carbocycles. The number of hydrogen-bond acceptors (Lipinski definition) is 6. The second-order valence-corrected chi connectivity index (χ2v) is 6.25. The summed E-state index contributed by atoms with van der Waals surface area (Å²) in [4.78, 5) is 26.6. The Balaban J connectivity index is 1.65. The maximum absolute atomic E-state index is 12.8. The van der Waals surface area contributed by atoms with E-state index in [-0.39, 0.29) is 31.0 Å². The van der Waals surface area contributed by atoms with Crippen LogP contribution in [-0.4, -0.2) is 52.7 Å². The number of anilines is 2. The van der Waals surface area contributed by atoms with Crippen molar-refractivity contribution in [2.24, 2.45) is 0 Å². The number of aliphatic hydroxyl groups excluding tert-OH is 1.